The molecule has 4 bridgehead atoms. The first kappa shape index (κ1) is 39.8. The van der Waals surface area contributed by atoms with Crippen LogP contribution in [0.25, 0.3) is 0 Å². The normalized spacial score (nSPS) is 37.2. The molecule has 0 amide bonds. The molecular weight excluding hydrogens is 661 g/mol. The van der Waals surface area contributed by atoms with E-state index in [1.165, 1.54) is 16.7 Å². The molecular formula is C46H64N2O5. The average Bonchev–Trinajstić information content (AvgIpc) is 3.49. The first-order valence-electron chi connectivity index (χ1n) is 20.2. The lowest BCUT2D eigenvalue weighted by atomic mass is 9.40. The van der Waals surface area contributed by atoms with Crippen molar-refractivity contribution in [1.82, 2.24) is 10.6 Å². The number of carbonyl (C=O) groups is 1. The van der Waals surface area contributed by atoms with Crippen LogP contribution in [0.15, 0.2) is 95.2 Å². The van der Waals surface area contributed by atoms with Crippen molar-refractivity contribution in [1.29, 1.82) is 0 Å². The fourth-order valence-electron chi connectivity index (χ4n) is 11.3. The second-order valence-electron chi connectivity index (χ2n) is 17.1. The Kier molecular flexibility index (Phi) is 12.6. The predicted octanol–water partition coefficient (Wildman–Crippen LogP) is 6.10. The Hall–Kier alpha value is -2.91. The molecule has 0 saturated heterocycles. The number of allylic oxidation sites excluding steroid dienone is 9. The summed E-state index contributed by atoms with van der Waals surface area (Å²) in [6.45, 7) is 10.2. The molecule has 7 heteroatoms. The summed E-state index contributed by atoms with van der Waals surface area (Å²) in [7, 11) is 1.89. The zero-order valence-electron chi connectivity index (χ0n) is 32.3. The van der Waals surface area contributed by atoms with Gasteiger partial charge >= 0.3 is 0 Å². The summed E-state index contributed by atoms with van der Waals surface area (Å²) in [6.07, 6.45) is 20.6. The Labute approximate surface area is 317 Å². The Morgan fingerprint density at radius 1 is 1.17 bits per heavy atom. The van der Waals surface area contributed by atoms with Gasteiger partial charge in [-0.25, -0.2) is 0 Å². The van der Waals surface area contributed by atoms with Crippen molar-refractivity contribution < 1.29 is 25.2 Å². The molecule has 288 valence electrons. The highest BCUT2D eigenvalue weighted by molar-refractivity contribution is 5.76. The number of aliphatic hydroxyl groups excluding tert-OH is 3. The molecule has 6 rings (SSSR count). The van der Waals surface area contributed by atoms with E-state index in [1.54, 1.807) is 0 Å². The van der Waals surface area contributed by atoms with E-state index in [9.17, 15) is 25.2 Å². The van der Waals surface area contributed by atoms with E-state index >= 15 is 0 Å². The molecule has 1 spiro atoms. The van der Waals surface area contributed by atoms with Crippen molar-refractivity contribution in [3.05, 3.63) is 106 Å². The van der Waals surface area contributed by atoms with E-state index < -0.39 is 22.5 Å². The minimum absolute atomic E-state index is 0.0128. The highest BCUT2D eigenvalue weighted by Crippen LogP contribution is 2.72. The summed E-state index contributed by atoms with van der Waals surface area (Å²) >= 11 is 0. The Balaban J connectivity index is 1.31. The lowest BCUT2D eigenvalue weighted by Gasteiger charge is -2.66. The van der Waals surface area contributed by atoms with Gasteiger partial charge in [0.2, 0.25) is 0 Å². The van der Waals surface area contributed by atoms with Crippen LogP contribution in [0, 0.1) is 34.5 Å². The highest BCUT2D eigenvalue weighted by Gasteiger charge is 2.71. The first-order chi connectivity index (χ1) is 25.5. The topological polar surface area (TPSA) is 122 Å². The molecule has 1 heterocycles. The molecule has 0 aromatic heterocycles. The van der Waals surface area contributed by atoms with E-state index in [0.717, 1.165) is 67.2 Å². The van der Waals surface area contributed by atoms with Gasteiger partial charge in [-0.3, -0.25) is 4.79 Å². The zero-order chi connectivity index (χ0) is 37.8. The van der Waals surface area contributed by atoms with E-state index in [1.807, 2.05) is 19.2 Å². The quantitative estimate of drug-likeness (QED) is 0.0928. The van der Waals surface area contributed by atoms with E-state index in [4.69, 9.17) is 0 Å². The molecule has 5 aliphatic rings. The highest BCUT2D eigenvalue weighted by atomic mass is 16.3. The third kappa shape index (κ3) is 7.68. The van der Waals surface area contributed by atoms with Gasteiger partial charge < -0.3 is 31.1 Å². The number of hydrogen-bond donors (Lipinski definition) is 6. The fraction of sp³-hybridized carbons (Fsp3) is 0.587. The Morgan fingerprint density at radius 3 is 2.70 bits per heavy atom. The number of aliphatic hydroxyl groups is 4. The smallest absolute Gasteiger partial charge is 0.146 e. The van der Waals surface area contributed by atoms with Crippen molar-refractivity contribution in [3.8, 4) is 0 Å². The molecule has 1 aliphatic heterocycles. The summed E-state index contributed by atoms with van der Waals surface area (Å²) in [6, 6.07) is 9.29. The minimum Gasteiger partial charge on any atom is -0.396 e. The van der Waals surface area contributed by atoms with Crippen LogP contribution in [0.2, 0.25) is 0 Å². The van der Waals surface area contributed by atoms with Crippen molar-refractivity contribution >= 4 is 6.29 Å². The van der Waals surface area contributed by atoms with Gasteiger partial charge in [-0.1, -0.05) is 78.4 Å². The summed E-state index contributed by atoms with van der Waals surface area (Å²) in [5.41, 5.74) is 5.06. The van der Waals surface area contributed by atoms with Crippen molar-refractivity contribution in [2.24, 2.45) is 34.5 Å². The van der Waals surface area contributed by atoms with E-state index in [0.29, 0.717) is 51.1 Å². The van der Waals surface area contributed by atoms with Crippen LogP contribution in [0.1, 0.15) is 82.8 Å². The Bertz CT molecular complexity index is 1660. The molecule has 1 aromatic carbocycles. The number of carbonyl (C=O) groups excluding carboxylic acids is 1. The zero-order valence-corrected chi connectivity index (χ0v) is 32.3. The summed E-state index contributed by atoms with van der Waals surface area (Å²) in [5, 5.41) is 53.7. The van der Waals surface area contributed by atoms with Crippen molar-refractivity contribution in [2.75, 3.05) is 33.4 Å². The van der Waals surface area contributed by atoms with Crippen LogP contribution in [0.3, 0.4) is 0 Å². The summed E-state index contributed by atoms with van der Waals surface area (Å²) in [5.74, 6) is -0.539. The number of benzene rings is 1. The number of hydrogen-bond acceptors (Lipinski definition) is 7. The predicted molar refractivity (Wildman–Crippen MR) is 213 cm³/mol. The number of aldehydes is 1. The molecule has 6 N–H and O–H groups in total. The maximum Gasteiger partial charge on any atom is 0.146 e. The standard InChI is InChI=1S/C46H64N2O5/c1-31-13-14-37(26-35-10-6-9-34(25-35)24-33(3)48-27-31)32(2)8-5-11-38(28-50)40-16-20-46(43(40)52)42-36(17-23-49)15-19-44(30-45(46,53)21-22-47-4)18-7-12-39(29-51)41(42)44/h5-6,8-11,13,15,19,25,29,33,36-37,40,42-43,47-50,52-53H,2,7,12,14,16-18,20-24,26-28,30H2,1,3-4H3/b8-5+,31-13+,38-11-/t33-,36-,37+,40+,42-,43-,44-,45-,46-/m1/s1. The summed E-state index contributed by atoms with van der Waals surface area (Å²) < 4.78 is 0. The molecule has 2 fully saturated rings. The molecule has 1 aromatic rings. The van der Waals surface area contributed by atoms with Crippen LogP contribution < -0.4 is 10.6 Å². The van der Waals surface area contributed by atoms with Gasteiger partial charge in [0.05, 0.1) is 18.3 Å². The first-order valence-corrected chi connectivity index (χ1v) is 20.2. The molecule has 0 unspecified atom stereocenters. The molecule has 7 nitrogen and oxygen atoms in total. The van der Waals surface area contributed by atoms with Gasteiger partial charge in [-0.05, 0) is 144 Å². The largest absolute Gasteiger partial charge is 0.396 e. The minimum atomic E-state index is -1.21. The van der Waals surface area contributed by atoms with E-state index in [2.05, 4.69) is 79.6 Å². The monoisotopic (exact) mass is 724 g/mol. The van der Waals surface area contributed by atoms with Crippen LogP contribution in [0.4, 0.5) is 0 Å². The van der Waals surface area contributed by atoms with Gasteiger partial charge in [-0.15, -0.1) is 0 Å². The number of nitrogens with one attached hydrogen (secondary N) is 2. The van der Waals surface area contributed by atoms with Crippen LogP contribution in [-0.4, -0.2) is 77.8 Å². The second kappa shape index (κ2) is 16.8. The molecule has 0 radical (unpaired) electrons. The average molecular weight is 725 g/mol. The molecule has 4 aliphatic carbocycles. The van der Waals surface area contributed by atoms with Crippen LogP contribution >= 0.6 is 0 Å². The third-order valence-corrected chi connectivity index (χ3v) is 13.9. The third-order valence-electron chi connectivity index (χ3n) is 13.9. The van der Waals surface area contributed by atoms with Gasteiger partial charge in [-0.2, -0.15) is 0 Å². The molecule has 2 saturated carbocycles. The lowest BCUT2D eigenvalue weighted by Crippen LogP contribution is -2.67. The van der Waals surface area contributed by atoms with E-state index in [-0.39, 0.29) is 36.9 Å². The number of rotatable bonds is 11. The lowest BCUT2D eigenvalue weighted by molar-refractivity contribution is -0.207. The maximum atomic E-state index is 13.0. The van der Waals surface area contributed by atoms with Crippen molar-refractivity contribution in [3.63, 3.8) is 0 Å². The van der Waals surface area contributed by atoms with Crippen LogP contribution in [0.5, 0.6) is 0 Å². The van der Waals surface area contributed by atoms with Gasteiger partial charge in [0, 0.05) is 35.9 Å². The second-order valence-corrected chi connectivity index (χ2v) is 17.1. The van der Waals surface area contributed by atoms with Crippen molar-refractivity contribution in [2.45, 2.75) is 102 Å². The van der Waals surface area contributed by atoms with Crippen LogP contribution in [-0.2, 0) is 17.6 Å². The number of fused-ring (bicyclic) bond motifs is 3. The van der Waals surface area contributed by atoms with Gasteiger partial charge in [0.15, 0.2) is 0 Å². The SMILES string of the molecule is C=C(/C=C/C=C(/CO)[C@@H]1CC[C@]2([C@@H]1O)[C@H]1C3=C(C=O)CCC[C@@]3(C=C[C@@H]1CCO)C[C@]2(O)CCNC)[C@H]1C/C=C(\C)CN[C@H](C)Cc2cccc(c2)C1. The fourth-order valence-corrected chi connectivity index (χ4v) is 11.3. The maximum absolute atomic E-state index is 13.0. The van der Waals surface area contributed by atoms with Gasteiger partial charge in [0.25, 0.3) is 0 Å². The molecule has 53 heavy (non-hydrogen) atoms. The summed E-state index contributed by atoms with van der Waals surface area (Å²) in [4.78, 5) is 12.7. The van der Waals surface area contributed by atoms with Gasteiger partial charge in [0.1, 0.15) is 6.29 Å². The molecule has 9 atom stereocenters. The Morgan fingerprint density at radius 2 is 1.96 bits per heavy atom.